The van der Waals surface area contributed by atoms with Crippen molar-refractivity contribution in [2.75, 3.05) is 31.5 Å². The summed E-state index contributed by atoms with van der Waals surface area (Å²) < 4.78 is 41.8. The van der Waals surface area contributed by atoms with E-state index in [9.17, 15) is 18.0 Å². The van der Waals surface area contributed by atoms with Crippen molar-refractivity contribution in [3.05, 3.63) is 75.8 Å². The number of hydrogen-bond donors (Lipinski definition) is 5. The summed E-state index contributed by atoms with van der Waals surface area (Å²) in [6.45, 7) is 3.04. The average Bonchev–Trinajstić information content (AvgIpc) is 3.22. The predicted molar refractivity (Wildman–Crippen MR) is 134 cm³/mol. The van der Waals surface area contributed by atoms with Gasteiger partial charge in [0, 0.05) is 42.1 Å². The van der Waals surface area contributed by atoms with Crippen molar-refractivity contribution in [1.29, 1.82) is 0 Å². The number of rotatable bonds is 11. The van der Waals surface area contributed by atoms with E-state index in [-0.39, 0.29) is 16.9 Å². The fourth-order valence-electron chi connectivity index (χ4n) is 3.94. The summed E-state index contributed by atoms with van der Waals surface area (Å²) >= 11 is 0. The van der Waals surface area contributed by atoms with E-state index >= 15 is 0 Å². The third-order valence-corrected chi connectivity index (χ3v) is 5.80. The van der Waals surface area contributed by atoms with E-state index in [0.717, 1.165) is 38.1 Å². The van der Waals surface area contributed by atoms with Gasteiger partial charge < -0.3 is 26.8 Å². The molecule has 0 amide bonds. The first-order valence-corrected chi connectivity index (χ1v) is 11.6. The third kappa shape index (κ3) is 5.93. The fourth-order valence-corrected chi connectivity index (χ4v) is 3.94. The van der Waals surface area contributed by atoms with Crippen LogP contribution >= 0.6 is 0 Å². The average molecular weight is 500 g/mol. The molecular weight excluding hydrogens is 471 g/mol. The molecular formula is C25H28F3N7O. The van der Waals surface area contributed by atoms with E-state index in [1.165, 1.54) is 18.3 Å². The van der Waals surface area contributed by atoms with Crippen LogP contribution in [0, 0.1) is 17.5 Å². The lowest BCUT2D eigenvalue weighted by atomic mass is 10.0. The van der Waals surface area contributed by atoms with E-state index < -0.39 is 17.5 Å². The Balaban J connectivity index is 1.50. The fraction of sp³-hybridized carbons (Fsp3) is 0.280. The van der Waals surface area contributed by atoms with Crippen molar-refractivity contribution < 1.29 is 13.2 Å². The van der Waals surface area contributed by atoms with Gasteiger partial charge in [-0.3, -0.25) is 9.69 Å². The highest BCUT2D eigenvalue weighted by Crippen LogP contribution is 2.23. The SMILES string of the molecule is NCCCN(CCCN)Cc1ccc(-c2c[nH]c(Nc3nc4cc(F)c(F)cc4[nH]3)cc2=O)cc1F. The van der Waals surface area contributed by atoms with Crippen molar-refractivity contribution in [3.8, 4) is 11.1 Å². The van der Waals surface area contributed by atoms with Crippen LogP contribution in [-0.4, -0.2) is 46.0 Å². The Kier molecular flexibility index (Phi) is 8.04. The molecule has 36 heavy (non-hydrogen) atoms. The first kappa shape index (κ1) is 25.4. The molecule has 7 N–H and O–H groups in total. The molecule has 0 aliphatic carbocycles. The zero-order chi connectivity index (χ0) is 25.7. The highest BCUT2D eigenvalue weighted by molar-refractivity contribution is 5.78. The Morgan fingerprint density at radius 1 is 0.944 bits per heavy atom. The molecule has 190 valence electrons. The molecule has 2 aromatic carbocycles. The Morgan fingerprint density at radius 2 is 1.67 bits per heavy atom. The third-order valence-electron chi connectivity index (χ3n) is 5.80. The number of fused-ring (bicyclic) bond motifs is 1. The van der Waals surface area contributed by atoms with E-state index in [1.54, 1.807) is 12.1 Å². The minimum atomic E-state index is -1.00. The molecule has 0 aliphatic heterocycles. The van der Waals surface area contributed by atoms with Crippen molar-refractivity contribution in [3.63, 3.8) is 0 Å². The number of aromatic amines is 2. The summed E-state index contributed by atoms with van der Waals surface area (Å²) in [5.41, 5.74) is 12.7. The normalized spacial score (nSPS) is 11.5. The van der Waals surface area contributed by atoms with Gasteiger partial charge >= 0.3 is 0 Å². The van der Waals surface area contributed by atoms with Crippen LogP contribution in [0.1, 0.15) is 18.4 Å². The monoisotopic (exact) mass is 499 g/mol. The highest BCUT2D eigenvalue weighted by atomic mass is 19.2. The molecule has 0 saturated carbocycles. The van der Waals surface area contributed by atoms with Crippen molar-refractivity contribution in [2.45, 2.75) is 19.4 Å². The van der Waals surface area contributed by atoms with Crippen LogP contribution in [-0.2, 0) is 6.54 Å². The van der Waals surface area contributed by atoms with Crippen LogP contribution in [0.25, 0.3) is 22.2 Å². The van der Waals surface area contributed by atoms with Gasteiger partial charge in [-0.2, -0.15) is 0 Å². The topological polar surface area (TPSA) is 129 Å². The maximum absolute atomic E-state index is 14.9. The van der Waals surface area contributed by atoms with E-state index in [4.69, 9.17) is 11.5 Å². The first-order chi connectivity index (χ1) is 17.4. The molecule has 2 aromatic heterocycles. The molecule has 0 atom stereocenters. The van der Waals surface area contributed by atoms with Gasteiger partial charge in [-0.25, -0.2) is 18.2 Å². The van der Waals surface area contributed by atoms with Crippen LogP contribution in [0.3, 0.4) is 0 Å². The number of nitrogens with two attached hydrogens (primary N) is 2. The second-order valence-electron chi connectivity index (χ2n) is 8.49. The molecule has 2 heterocycles. The standard InChI is InChI=1S/C25H28F3N7O/c26-18-9-15(3-4-16(18)14-35(7-1-5-29)8-2-6-30)17-13-31-24(12-23(17)36)34-25-32-21-10-19(27)20(28)11-22(21)33-25/h3-4,9-13H,1-2,5-8,14,29-30H2,(H3,31,32,33,34,36). The van der Waals surface area contributed by atoms with Crippen LogP contribution in [0.2, 0.25) is 0 Å². The minimum absolute atomic E-state index is 0.197. The number of benzene rings is 2. The van der Waals surface area contributed by atoms with Gasteiger partial charge in [-0.05, 0) is 50.7 Å². The molecule has 11 heteroatoms. The smallest absolute Gasteiger partial charge is 0.206 e. The molecule has 0 radical (unpaired) electrons. The summed E-state index contributed by atoms with van der Waals surface area (Å²) in [6.07, 6.45) is 3.08. The summed E-state index contributed by atoms with van der Waals surface area (Å²) in [7, 11) is 0. The molecule has 0 aliphatic rings. The number of hydrogen-bond acceptors (Lipinski definition) is 6. The highest BCUT2D eigenvalue weighted by Gasteiger charge is 2.13. The zero-order valence-electron chi connectivity index (χ0n) is 19.6. The number of aromatic nitrogens is 3. The number of nitrogens with zero attached hydrogens (tertiary/aromatic N) is 2. The van der Waals surface area contributed by atoms with Gasteiger partial charge in [-0.1, -0.05) is 12.1 Å². The van der Waals surface area contributed by atoms with Crippen LogP contribution in [0.5, 0.6) is 0 Å². The number of nitrogens with one attached hydrogen (secondary N) is 3. The van der Waals surface area contributed by atoms with Crippen molar-refractivity contribution in [1.82, 2.24) is 19.9 Å². The molecule has 0 saturated heterocycles. The first-order valence-electron chi connectivity index (χ1n) is 11.6. The van der Waals surface area contributed by atoms with E-state index in [1.807, 2.05) is 0 Å². The maximum Gasteiger partial charge on any atom is 0.206 e. The summed E-state index contributed by atoms with van der Waals surface area (Å²) in [5.74, 6) is -1.90. The predicted octanol–water partition coefficient (Wildman–Crippen LogP) is 3.58. The zero-order valence-corrected chi connectivity index (χ0v) is 19.6. The molecule has 0 bridgehead atoms. The van der Waals surface area contributed by atoms with Gasteiger partial charge in [0.15, 0.2) is 17.1 Å². The quantitative estimate of drug-likeness (QED) is 0.215. The van der Waals surface area contributed by atoms with Gasteiger partial charge in [0.2, 0.25) is 5.95 Å². The molecule has 8 nitrogen and oxygen atoms in total. The largest absolute Gasteiger partial charge is 0.347 e. The second-order valence-corrected chi connectivity index (χ2v) is 8.49. The Bertz CT molecular complexity index is 1360. The van der Waals surface area contributed by atoms with Crippen LogP contribution in [0.15, 0.2) is 47.4 Å². The minimum Gasteiger partial charge on any atom is -0.347 e. The lowest BCUT2D eigenvalue weighted by Gasteiger charge is -2.22. The Hall–Kier alpha value is -3.67. The molecule has 4 rings (SSSR count). The van der Waals surface area contributed by atoms with Gasteiger partial charge in [0.25, 0.3) is 0 Å². The number of anilines is 2. The summed E-state index contributed by atoms with van der Waals surface area (Å²) in [6, 6.07) is 8.02. The van der Waals surface area contributed by atoms with Gasteiger partial charge in [-0.15, -0.1) is 0 Å². The lowest BCUT2D eigenvalue weighted by molar-refractivity contribution is 0.258. The van der Waals surface area contributed by atoms with E-state index in [2.05, 4.69) is 25.2 Å². The van der Waals surface area contributed by atoms with Crippen LogP contribution < -0.4 is 22.2 Å². The number of imidazole rings is 1. The number of pyridine rings is 1. The van der Waals surface area contributed by atoms with Crippen LogP contribution in [0.4, 0.5) is 24.9 Å². The summed E-state index contributed by atoms with van der Waals surface area (Å²) in [5, 5.41) is 2.86. The van der Waals surface area contributed by atoms with Gasteiger partial charge in [0.1, 0.15) is 11.6 Å². The Labute approximate surface area is 205 Å². The van der Waals surface area contributed by atoms with Gasteiger partial charge in [0.05, 0.1) is 11.0 Å². The van der Waals surface area contributed by atoms with Crippen molar-refractivity contribution >= 4 is 22.8 Å². The maximum atomic E-state index is 14.9. The number of halogens is 3. The summed E-state index contributed by atoms with van der Waals surface area (Å²) in [4.78, 5) is 24.8. The lowest BCUT2D eigenvalue weighted by Crippen LogP contribution is -2.28. The second kappa shape index (κ2) is 11.4. The molecule has 4 aromatic rings. The number of H-pyrrole nitrogens is 2. The molecule has 0 spiro atoms. The Morgan fingerprint density at radius 3 is 2.33 bits per heavy atom. The van der Waals surface area contributed by atoms with Crippen molar-refractivity contribution in [2.24, 2.45) is 11.5 Å². The molecule has 0 fully saturated rings. The van der Waals surface area contributed by atoms with E-state index in [0.29, 0.717) is 47.7 Å². The molecule has 0 unspecified atom stereocenters.